The molecule has 1 aromatic rings. The molecule has 5 heteroatoms. The average Bonchev–Trinajstić information content (AvgIpc) is 2.46. The summed E-state index contributed by atoms with van der Waals surface area (Å²) in [5.74, 6) is -0.157. The molecular weight excluding hydrogens is 290 g/mol. The van der Waals surface area contributed by atoms with Crippen LogP contribution in [0, 0.1) is 0 Å². The second-order valence-corrected chi connectivity index (χ2v) is 5.59. The number of carbonyl (C=O) groups is 1. The third-order valence-electron chi connectivity index (χ3n) is 4.06. The van der Waals surface area contributed by atoms with Gasteiger partial charge < -0.3 is 27.2 Å². The third kappa shape index (κ3) is 5.56. The van der Waals surface area contributed by atoms with Crippen molar-refractivity contribution >= 4 is 5.97 Å². The number of hydrogen-bond donors (Lipinski definition) is 2. The number of carbonyl (C=O) groups excluding carboxylic acids is 1. The Bertz CT molecular complexity index is 436. The molecule has 2 unspecified atom stereocenters. The van der Waals surface area contributed by atoms with Gasteiger partial charge in [-0.2, -0.15) is 0 Å². The van der Waals surface area contributed by atoms with E-state index in [2.05, 4.69) is 6.92 Å². The van der Waals surface area contributed by atoms with Crippen molar-refractivity contribution in [3.8, 4) is 5.75 Å². The number of piperidine rings is 1. The fourth-order valence-electron chi connectivity index (χ4n) is 2.77. The Labute approximate surface area is 132 Å². The number of likely N-dealkylation sites (tertiary alicyclic amines) is 1. The molecule has 4 nitrogen and oxygen atoms in total. The number of phenols is 1. The number of esters is 1. The van der Waals surface area contributed by atoms with E-state index in [1.165, 1.54) is 37.9 Å². The molecule has 0 bridgehead atoms. The normalized spacial score (nSPS) is 21.4. The summed E-state index contributed by atoms with van der Waals surface area (Å²) in [4.78, 5) is 13.4. The van der Waals surface area contributed by atoms with Crippen molar-refractivity contribution in [2.75, 3.05) is 19.7 Å². The van der Waals surface area contributed by atoms with E-state index in [1.54, 1.807) is 17.0 Å². The number of hydrogen-bond acceptors (Lipinski definition) is 3. The van der Waals surface area contributed by atoms with Crippen LogP contribution in [0.4, 0.5) is 0 Å². The van der Waals surface area contributed by atoms with Crippen LogP contribution >= 0.6 is 0 Å². The van der Waals surface area contributed by atoms with Crippen LogP contribution in [0.25, 0.3) is 0 Å². The van der Waals surface area contributed by atoms with Crippen molar-refractivity contribution in [1.29, 1.82) is 0 Å². The zero-order valence-electron chi connectivity index (χ0n) is 12.5. The highest BCUT2D eigenvalue weighted by Crippen LogP contribution is 2.10. The maximum Gasteiger partial charge on any atom is 0.338 e. The van der Waals surface area contributed by atoms with Crippen molar-refractivity contribution in [2.24, 2.45) is 0 Å². The van der Waals surface area contributed by atoms with Crippen LogP contribution in [0.15, 0.2) is 24.3 Å². The van der Waals surface area contributed by atoms with Crippen LogP contribution in [0.3, 0.4) is 0 Å². The fourth-order valence-corrected chi connectivity index (χ4v) is 2.77. The molecule has 2 rings (SSSR count). The number of halogens is 1. The Balaban J connectivity index is 0.00000220. The largest absolute Gasteiger partial charge is 1.00 e. The molecule has 0 amide bonds. The molecule has 1 saturated heterocycles. The lowest BCUT2D eigenvalue weighted by atomic mass is 10.0. The van der Waals surface area contributed by atoms with Crippen LogP contribution in [0.1, 0.15) is 43.0 Å². The third-order valence-corrected chi connectivity index (χ3v) is 4.06. The quantitative estimate of drug-likeness (QED) is 0.509. The molecule has 21 heavy (non-hydrogen) atoms. The van der Waals surface area contributed by atoms with E-state index in [-0.39, 0.29) is 24.1 Å². The summed E-state index contributed by atoms with van der Waals surface area (Å²) in [5.41, 5.74) is 0.487. The van der Waals surface area contributed by atoms with Crippen LogP contribution in [-0.2, 0) is 4.74 Å². The average molecular weight is 314 g/mol. The van der Waals surface area contributed by atoms with Gasteiger partial charge in [0.25, 0.3) is 0 Å². The van der Waals surface area contributed by atoms with Crippen molar-refractivity contribution in [1.82, 2.24) is 0 Å². The summed E-state index contributed by atoms with van der Waals surface area (Å²) >= 11 is 0. The van der Waals surface area contributed by atoms with Crippen molar-refractivity contribution in [3.63, 3.8) is 0 Å². The van der Waals surface area contributed by atoms with Crippen LogP contribution < -0.4 is 17.3 Å². The Morgan fingerprint density at radius 2 is 2.05 bits per heavy atom. The molecule has 1 heterocycles. The van der Waals surface area contributed by atoms with E-state index in [4.69, 9.17) is 9.84 Å². The molecule has 1 fully saturated rings. The number of ether oxygens (including phenoxy) is 1. The van der Waals surface area contributed by atoms with Gasteiger partial charge in [0.05, 0.1) is 31.3 Å². The summed E-state index contributed by atoms with van der Waals surface area (Å²) in [7, 11) is 0. The monoisotopic (exact) mass is 313 g/mol. The summed E-state index contributed by atoms with van der Waals surface area (Å²) < 4.78 is 5.26. The van der Waals surface area contributed by atoms with Crippen LogP contribution in [0.5, 0.6) is 5.75 Å². The van der Waals surface area contributed by atoms with Gasteiger partial charge in [-0.1, -0.05) is 0 Å². The Hall–Kier alpha value is -1.26. The van der Waals surface area contributed by atoms with E-state index in [0.717, 1.165) is 19.0 Å². The molecule has 118 valence electrons. The molecular formula is C16H24ClNO3. The minimum Gasteiger partial charge on any atom is -1.00 e. The lowest BCUT2D eigenvalue weighted by molar-refractivity contribution is -0.928. The van der Waals surface area contributed by atoms with Gasteiger partial charge in [0.15, 0.2) is 0 Å². The van der Waals surface area contributed by atoms with Crippen LogP contribution in [0.2, 0.25) is 0 Å². The topological polar surface area (TPSA) is 51.0 Å². The molecule has 0 saturated carbocycles. The smallest absolute Gasteiger partial charge is 0.338 e. The summed E-state index contributed by atoms with van der Waals surface area (Å²) in [6.45, 7) is 5.09. The number of rotatable bonds is 5. The molecule has 0 radical (unpaired) electrons. The SMILES string of the molecule is CC1CCCC[NH+]1CCCOC(=O)c1ccc(O)cc1.[Cl-]. The van der Waals surface area contributed by atoms with Gasteiger partial charge in [-0.05, 0) is 50.5 Å². The van der Waals surface area contributed by atoms with Crippen molar-refractivity contribution < 1.29 is 31.9 Å². The number of phenolic OH excluding ortho intramolecular Hbond substituents is 1. The number of benzene rings is 1. The predicted molar refractivity (Wildman–Crippen MR) is 77.0 cm³/mol. The van der Waals surface area contributed by atoms with E-state index >= 15 is 0 Å². The molecule has 1 aliphatic heterocycles. The standard InChI is InChI=1S/C16H23NO3.ClH/c1-13-5-2-3-10-17(13)11-4-12-20-16(19)14-6-8-15(18)9-7-14;/h6-9,13,18H,2-5,10-12H2,1H3;1H. The van der Waals surface area contributed by atoms with Gasteiger partial charge in [-0.25, -0.2) is 4.79 Å². The van der Waals surface area contributed by atoms with Crippen molar-refractivity contribution in [3.05, 3.63) is 29.8 Å². The minimum atomic E-state index is -0.313. The summed E-state index contributed by atoms with van der Waals surface area (Å²) in [6, 6.07) is 6.88. The molecule has 2 atom stereocenters. The van der Waals surface area contributed by atoms with Gasteiger partial charge in [-0.3, -0.25) is 0 Å². The summed E-state index contributed by atoms with van der Waals surface area (Å²) in [5, 5.41) is 9.17. The maximum atomic E-state index is 11.8. The van der Waals surface area contributed by atoms with Gasteiger partial charge in [0.2, 0.25) is 0 Å². The first kappa shape index (κ1) is 17.8. The first-order valence-electron chi connectivity index (χ1n) is 7.47. The first-order chi connectivity index (χ1) is 9.66. The molecule has 1 aromatic carbocycles. The van der Waals surface area contributed by atoms with E-state index in [9.17, 15) is 4.79 Å². The van der Waals surface area contributed by atoms with Crippen LogP contribution in [-0.4, -0.2) is 36.8 Å². The molecule has 0 spiro atoms. The highest BCUT2D eigenvalue weighted by atomic mass is 35.5. The zero-order valence-corrected chi connectivity index (χ0v) is 13.2. The Morgan fingerprint density at radius 3 is 2.71 bits per heavy atom. The first-order valence-corrected chi connectivity index (χ1v) is 7.47. The second kappa shape index (κ2) is 8.90. The number of nitrogens with one attached hydrogen (secondary N) is 1. The zero-order chi connectivity index (χ0) is 14.4. The minimum absolute atomic E-state index is 0. The highest BCUT2D eigenvalue weighted by molar-refractivity contribution is 5.89. The lowest BCUT2D eigenvalue weighted by Crippen LogP contribution is -3.16. The number of aromatic hydroxyl groups is 1. The summed E-state index contributed by atoms with van der Waals surface area (Å²) in [6.07, 6.45) is 4.87. The molecule has 2 N–H and O–H groups in total. The van der Waals surface area contributed by atoms with Gasteiger partial charge in [0.1, 0.15) is 5.75 Å². The fraction of sp³-hybridized carbons (Fsp3) is 0.562. The van der Waals surface area contributed by atoms with E-state index < -0.39 is 0 Å². The van der Waals surface area contributed by atoms with E-state index in [0.29, 0.717) is 12.2 Å². The second-order valence-electron chi connectivity index (χ2n) is 5.59. The Morgan fingerprint density at radius 1 is 1.33 bits per heavy atom. The van der Waals surface area contributed by atoms with E-state index in [1.807, 2.05) is 0 Å². The predicted octanol–water partition coefficient (Wildman–Crippen LogP) is -1.60. The Kier molecular flexibility index (Phi) is 7.54. The van der Waals surface area contributed by atoms with Gasteiger partial charge in [-0.15, -0.1) is 0 Å². The maximum absolute atomic E-state index is 11.8. The van der Waals surface area contributed by atoms with Gasteiger partial charge >= 0.3 is 5.97 Å². The molecule has 0 aliphatic carbocycles. The molecule has 0 aromatic heterocycles. The molecule has 1 aliphatic rings. The lowest BCUT2D eigenvalue weighted by Gasteiger charge is -2.30. The number of quaternary nitrogens is 1. The highest BCUT2D eigenvalue weighted by Gasteiger charge is 2.21. The van der Waals surface area contributed by atoms with Gasteiger partial charge in [0, 0.05) is 6.42 Å². The van der Waals surface area contributed by atoms with Crippen molar-refractivity contribution in [2.45, 2.75) is 38.6 Å².